The van der Waals surface area contributed by atoms with E-state index in [-0.39, 0.29) is 16.7 Å². The van der Waals surface area contributed by atoms with E-state index in [2.05, 4.69) is 10.3 Å². The summed E-state index contributed by atoms with van der Waals surface area (Å²) in [6, 6.07) is 12.4. The Hall–Kier alpha value is -1.65. The number of rotatable bonds is 5. The molecule has 2 heterocycles. The van der Waals surface area contributed by atoms with Crippen LogP contribution in [0, 0.1) is 5.92 Å². The van der Waals surface area contributed by atoms with Crippen LogP contribution < -0.4 is 5.32 Å². The highest BCUT2D eigenvalue weighted by molar-refractivity contribution is 7.98. The summed E-state index contributed by atoms with van der Waals surface area (Å²) >= 11 is 9.09. The van der Waals surface area contributed by atoms with Crippen LogP contribution in [0.3, 0.4) is 0 Å². The molecule has 0 atom stereocenters. The van der Waals surface area contributed by atoms with E-state index in [4.69, 9.17) is 11.6 Å². The van der Waals surface area contributed by atoms with E-state index >= 15 is 0 Å². The van der Waals surface area contributed by atoms with Crippen molar-refractivity contribution in [3.63, 3.8) is 0 Å². The van der Waals surface area contributed by atoms with Crippen LogP contribution in [0.15, 0.2) is 52.3 Å². The lowest BCUT2D eigenvalue weighted by Gasteiger charge is -2.30. The SMILES string of the molecule is CSc1ccc(S(=O)(=O)N2CCC(C(=O)Nc3nc4c(Cl)cccc4s3)CC2)cc1. The Bertz CT molecular complexity index is 1170. The van der Waals surface area contributed by atoms with E-state index in [9.17, 15) is 13.2 Å². The van der Waals surface area contributed by atoms with Gasteiger partial charge in [0.25, 0.3) is 0 Å². The van der Waals surface area contributed by atoms with Crippen LogP contribution in [0.1, 0.15) is 12.8 Å². The molecule has 0 unspecified atom stereocenters. The topological polar surface area (TPSA) is 79.4 Å². The van der Waals surface area contributed by atoms with Crippen LogP contribution in [0.2, 0.25) is 5.02 Å². The van der Waals surface area contributed by atoms with E-state index in [0.29, 0.717) is 41.6 Å². The molecule has 0 radical (unpaired) electrons. The zero-order valence-corrected chi connectivity index (χ0v) is 19.4. The summed E-state index contributed by atoms with van der Waals surface area (Å²) in [5.41, 5.74) is 0.674. The molecule has 1 aromatic heterocycles. The van der Waals surface area contributed by atoms with Crippen molar-refractivity contribution >= 4 is 66.0 Å². The molecule has 4 rings (SSSR count). The molecule has 1 saturated heterocycles. The average Bonchev–Trinajstić information content (AvgIpc) is 3.17. The van der Waals surface area contributed by atoms with Gasteiger partial charge in [0.15, 0.2) is 5.13 Å². The van der Waals surface area contributed by atoms with Gasteiger partial charge in [0.1, 0.15) is 5.52 Å². The first kappa shape index (κ1) is 21.6. The molecule has 1 aliphatic heterocycles. The van der Waals surface area contributed by atoms with Crippen LogP contribution in [0.4, 0.5) is 5.13 Å². The summed E-state index contributed by atoms with van der Waals surface area (Å²) in [7, 11) is -3.55. The van der Waals surface area contributed by atoms with Gasteiger partial charge in [-0.2, -0.15) is 4.31 Å². The summed E-state index contributed by atoms with van der Waals surface area (Å²) in [5, 5.41) is 3.92. The largest absolute Gasteiger partial charge is 0.302 e. The molecule has 1 fully saturated rings. The third kappa shape index (κ3) is 4.36. The Morgan fingerprint density at radius 1 is 1.20 bits per heavy atom. The van der Waals surface area contributed by atoms with Crippen molar-refractivity contribution < 1.29 is 13.2 Å². The van der Waals surface area contributed by atoms with Gasteiger partial charge in [-0.05, 0) is 55.5 Å². The van der Waals surface area contributed by atoms with Gasteiger partial charge in [-0.25, -0.2) is 13.4 Å². The number of sulfonamides is 1. The van der Waals surface area contributed by atoms with E-state index in [1.165, 1.54) is 15.6 Å². The number of aromatic nitrogens is 1. The number of amides is 1. The molecule has 158 valence electrons. The fourth-order valence-corrected chi connectivity index (χ4v) is 6.48. The standard InChI is InChI=1S/C20H20ClN3O3S3/c1-28-14-5-7-15(8-6-14)30(26,27)24-11-9-13(10-12-24)19(25)23-20-22-18-16(21)3-2-4-17(18)29-20/h2-8,13H,9-12H2,1H3,(H,22,23,25). The molecule has 0 saturated carbocycles. The average molecular weight is 482 g/mol. The number of carbonyl (C=O) groups is 1. The highest BCUT2D eigenvalue weighted by Gasteiger charge is 2.32. The van der Waals surface area contributed by atoms with Crippen LogP contribution in [-0.2, 0) is 14.8 Å². The highest BCUT2D eigenvalue weighted by atomic mass is 35.5. The normalized spacial score (nSPS) is 16.1. The molecule has 30 heavy (non-hydrogen) atoms. The quantitative estimate of drug-likeness (QED) is 0.534. The second kappa shape index (κ2) is 8.84. The lowest BCUT2D eigenvalue weighted by molar-refractivity contribution is -0.120. The third-order valence-electron chi connectivity index (χ3n) is 5.12. The molecular weight excluding hydrogens is 462 g/mol. The number of para-hydroxylation sites is 1. The number of fused-ring (bicyclic) bond motifs is 1. The number of anilines is 1. The molecular formula is C20H20ClN3O3S3. The lowest BCUT2D eigenvalue weighted by atomic mass is 9.97. The van der Waals surface area contributed by atoms with Crippen molar-refractivity contribution in [2.75, 3.05) is 24.7 Å². The second-order valence-corrected chi connectivity index (χ2v) is 11.2. The zero-order valence-electron chi connectivity index (χ0n) is 16.2. The van der Waals surface area contributed by atoms with Gasteiger partial charge in [0.2, 0.25) is 15.9 Å². The lowest BCUT2D eigenvalue weighted by Crippen LogP contribution is -2.41. The molecule has 0 bridgehead atoms. The number of thiazole rings is 1. The number of nitrogens with zero attached hydrogens (tertiary/aromatic N) is 2. The van der Waals surface area contributed by atoms with Gasteiger partial charge in [-0.15, -0.1) is 11.8 Å². The Balaban J connectivity index is 1.39. The van der Waals surface area contributed by atoms with Crippen LogP contribution in [0.25, 0.3) is 10.2 Å². The summed E-state index contributed by atoms with van der Waals surface area (Å²) in [5.74, 6) is -0.385. The minimum atomic E-state index is -3.55. The van der Waals surface area contributed by atoms with Gasteiger partial charge in [0.05, 0.1) is 14.6 Å². The summed E-state index contributed by atoms with van der Waals surface area (Å²) in [6.07, 6.45) is 2.89. The maximum atomic E-state index is 12.9. The third-order valence-corrected chi connectivity index (χ3v) is 9.02. The Morgan fingerprint density at radius 3 is 2.53 bits per heavy atom. The summed E-state index contributed by atoms with van der Waals surface area (Å²) < 4.78 is 28.1. The first-order chi connectivity index (χ1) is 14.4. The van der Waals surface area contributed by atoms with E-state index in [1.807, 2.05) is 30.5 Å². The molecule has 3 aromatic rings. The first-order valence-corrected chi connectivity index (χ1v) is 13.2. The van der Waals surface area contributed by atoms with Crippen molar-refractivity contribution in [2.45, 2.75) is 22.6 Å². The molecule has 10 heteroatoms. The fourth-order valence-electron chi connectivity index (χ4n) is 3.43. The minimum Gasteiger partial charge on any atom is -0.302 e. The first-order valence-electron chi connectivity index (χ1n) is 9.38. The smallest absolute Gasteiger partial charge is 0.243 e. The summed E-state index contributed by atoms with van der Waals surface area (Å²) in [4.78, 5) is 18.4. The second-order valence-electron chi connectivity index (χ2n) is 6.95. The van der Waals surface area contributed by atoms with E-state index < -0.39 is 10.0 Å². The number of carbonyl (C=O) groups excluding carboxylic acids is 1. The number of hydrogen-bond donors (Lipinski definition) is 1. The predicted molar refractivity (Wildman–Crippen MR) is 123 cm³/mol. The number of piperidine rings is 1. The molecule has 0 spiro atoms. The van der Waals surface area contributed by atoms with Crippen molar-refractivity contribution in [3.05, 3.63) is 47.5 Å². The maximum Gasteiger partial charge on any atom is 0.243 e. The number of benzene rings is 2. The molecule has 1 N–H and O–H groups in total. The Kier molecular flexibility index (Phi) is 6.36. The van der Waals surface area contributed by atoms with Gasteiger partial charge < -0.3 is 5.32 Å². The van der Waals surface area contributed by atoms with Gasteiger partial charge >= 0.3 is 0 Å². The van der Waals surface area contributed by atoms with Gasteiger partial charge in [0, 0.05) is 23.9 Å². The Labute approximate surface area is 188 Å². The molecule has 2 aromatic carbocycles. The predicted octanol–water partition coefficient (Wildman–Crippen LogP) is 4.71. The molecule has 1 amide bonds. The van der Waals surface area contributed by atoms with Crippen LogP contribution in [-0.4, -0.2) is 43.0 Å². The molecule has 1 aliphatic rings. The van der Waals surface area contributed by atoms with Crippen molar-refractivity contribution in [2.24, 2.45) is 5.92 Å². The zero-order chi connectivity index (χ0) is 21.3. The van der Waals surface area contributed by atoms with E-state index in [0.717, 1.165) is 9.60 Å². The van der Waals surface area contributed by atoms with Crippen LogP contribution >= 0.6 is 34.7 Å². The summed E-state index contributed by atoms with van der Waals surface area (Å²) in [6.45, 7) is 0.632. The minimum absolute atomic E-state index is 0.133. The number of halogens is 1. The van der Waals surface area contributed by atoms with Crippen molar-refractivity contribution in [3.8, 4) is 0 Å². The van der Waals surface area contributed by atoms with Gasteiger partial charge in [-0.3, -0.25) is 4.79 Å². The van der Waals surface area contributed by atoms with Crippen molar-refractivity contribution in [1.29, 1.82) is 0 Å². The van der Waals surface area contributed by atoms with E-state index in [1.54, 1.807) is 30.0 Å². The van der Waals surface area contributed by atoms with Crippen molar-refractivity contribution in [1.82, 2.24) is 9.29 Å². The number of thioether (sulfide) groups is 1. The number of hydrogen-bond acceptors (Lipinski definition) is 6. The van der Waals surface area contributed by atoms with Gasteiger partial charge in [-0.1, -0.05) is 29.0 Å². The molecule has 0 aliphatic carbocycles. The Morgan fingerprint density at radius 2 is 1.90 bits per heavy atom. The monoisotopic (exact) mass is 481 g/mol. The van der Waals surface area contributed by atoms with Crippen LogP contribution in [0.5, 0.6) is 0 Å². The fraction of sp³-hybridized carbons (Fsp3) is 0.300. The maximum absolute atomic E-state index is 12.9. The molecule has 6 nitrogen and oxygen atoms in total. The number of nitrogens with one attached hydrogen (secondary N) is 1. The highest BCUT2D eigenvalue weighted by Crippen LogP contribution is 2.32.